The van der Waals surface area contributed by atoms with Crippen LogP contribution in [-0.4, -0.2) is 43.9 Å². The molecular weight excluding hydrogens is 450 g/mol. The number of thiophene rings is 1. The second-order valence-electron chi connectivity index (χ2n) is 8.40. The summed E-state index contributed by atoms with van der Waals surface area (Å²) >= 11 is 1.53. The molecule has 1 unspecified atom stereocenters. The van der Waals surface area contributed by atoms with Crippen molar-refractivity contribution in [3.63, 3.8) is 0 Å². The summed E-state index contributed by atoms with van der Waals surface area (Å²) in [6.07, 6.45) is 6.84. The number of methoxy groups -OCH3 is 1. The number of aliphatic hydroxyl groups is 1. The minimum absolute atomic E-state index is 0.145. The van der Waals surface area contributed by atoms with Crippen LogP contribution in [0.5, 0.6) is 5.75 Å². The van der Waals surface area contributed by atoms with E-state index in [2.05, 4.69) is 48.2 Å². The number of hydrogen-bond acceptors (Lipinski definition) is 6. The topological polar surface area (TPSA) is 84.9 Å². The predicted molar refractivity (Wildman–Crippen MR) is 137 cm³/mol. The largest absolute Gasteiger partial charge is 0.493 e. The molecule has 2 N–H and O–H groups in total. The van der Waals surface area contributed by atoms with E-state index in [9.17, 15) is 9.59 Å². The molecule has 7 heteroatoms. The Kier molecular flexibility index (Phi) is 12.7. The maximum atomic E-state index is 12.4. The Morgan fingerprint density at radius 3 is 2.65 bits per heavy atom. The Bertz CT molecular complexity index is 895. The van der Waals surface area contributed by atoms with Crippen molar-refractivity contribution in [2.75, 3.05) is 26.9 Å². The molecule has 1 amide bonds. The standard InChI is InChI=1S/C27H39NO5S/c1-4-8-22-19-20(10-12-23(22)33-18-7-6-17-29)9-11-21(5-2)24-13-14-25(34-24)27(31)28-16-15-26(30)32-3/h10,12-14,19,21,29H,4-9,11,15-18H2,1-3H3,(H,28,31). The predicted octanol–water partition coefficient (Wildman–Crippen LogP) is 5.27. The first kappa shape index (κ1) is 27.9. The molecule has 1 aromatic heterocycles. The lowest BCUT2D eigenvalue weighted by atomic mass is 9.94. The average Bonchev–Trinajstić information content (AvgIpc) is 3.33. The van der Waals surface area contributed by atoms with Gasteiger partial charge in [0.05, 0.1) is 25.0 Å². The van der Waals surface area contributed by atoms with E-state index in [-0.39, 0.29) is 31.4 Å². The van der Waals surface area contributed by atoms with Crippen molar-refractivity contribution in [3.05, 3.63) is 51.2 Å². The highest BCUT2D eigenvalue weighted by Crippen LogP contribution is 2.32. The molecule has 188 valence electrons. The van der Waals surface area contributed by atoms with Crippen LogP contribution < -0.4 is 10.1 Å². The van der Waals surface area contributed by atoms with Gasteiger partial charge in [0.1, 0.15) is 5.75 Å². The van der Waals surface area contributed by atoms with Gasteiger partial charge in [0.15, 0.2) is 0 Å². The second kappa shape index (κ2) is 15.5. The zero-order chi connectivity index (χ0) is 24.8. The molecule has 0 saturated carbocycles. The van der Waals surface area contributed by atoms with Crippen molar-refractivity contribution in [1.29, 1.82) is 0 Å². The molecule has 2 aromatic rings. The van der Waals surface area contributed by atoms with Gasteiger partial charge in [-0.3, -0.25) is 9.59 Å². The van der Waals surface area contributed by atoms with E-state index < -0.39 is 0 Å². The number of amides is 1. The van der Waals surface area contributed by atoms with Gasteiger partial charge in [0, 0.05) is 18.0 Å². The van der Waals surface area contributed by atoms with E-state index in [1.807, 2.05) is 6.07 Å². The van der Waals surface area contributed by atoms with Gasteiger partial charge in [-0.05, 0) is 73.8 Å². The number of rotatable bonds is 16. The Morgan fingerprint density at radius 2 is 1.94 bits per heavy atom. The molecule has 0 fully saturated rings. The maximum Gasteiger partial charge on any atom is 0.307 e. The first-order valence-corrected chi connectivity index (χ1v) is 13.1. The molecule has 0 saturated heterocycles. The van der Waals surface area contributed by atoms with Crippen molar-refractivity contribution in [1.82, 2.24) is 5.32 Å². The molecule has 0 spiro atoms. The van der Waals surface area contributed by atoms with E-state index in [4.69, 9.17) is 9.84 Å². The van der Waals surface area contributed by atoms with Crippen LogP contribution in [-0.2, 0) is 22.4 Å². The molecule has 2 rings (SSSR count). The van der Waals surface area contributed by atoms with Crippen molar-refractivity contribution in [2.45, 2.75) is 71.1 Å². The fourth-order valence-corrected chi connectivity index (χ4v) is 4.98. The third-order valence-corrected chi connectivity index (χ3v) is 7.07. The Hall–Kier alpha value is -2.38. The van der Waals surface area contributed by atoms with Crippen LogP contribution in [0.25, 0.3) is 0 Å². The van der Waals surface area contributed by atoms with Gasteiger partial charge in [-0.15, -0.1) is 11.3 Å². The second-order valence-corrected chi connectivity index (χ2v) is 9.51. The monoisotopic (exact) mass is 489 g/mol. The van der Waals surface area contributed by atoms with Crippen LogP contribution in [0.2, 0.25) is 0 Å². The Balaban J connectivity index is 1.95. The number of hydrogen-bond donors (Lipinski definition) is 2. The minimum Gasteiger partial charge on any atom is -0.493 e. The zero-order valence-electron chi connectivity index (χ0n) is 20.7. The van der Waals surface area contributed by atoms with Gasteiger partial charge >= 0.3 is 5.97 Å². The Labute approximate surface area is 207 Å². The van der Waals surface area contributed by atoms with E-state index in [1.165, 1.54) is 34.5 Å². The fourth-order valence-electron chi connectivity index (χ4n) is 3.84. The number of aryl methyl sites for hydroxylation is 2. The third-order valence-electron chi connectivity index (χ3n) is 5.82. The number of carbonyl (C=O) groups is 2. The summed E-state index contributed by atoms with van der Waals surface area (Å²) in [5.74, 6) is 0.873. The molecule has 0 aliphatic rings. The third kappa shape index (κ3) is 9.11. The minimum atomic E-state index is -0.332. The molecule has 0 aliphatic heterocycles. The van der Waals surface area contributed by atoms with Crippen LogP contribution in [0.15, 0.2) is 30.3 Å². The lowest BCUT2D eigenvalue weighted by Gasteiger charge is -2.15. The summed E-state index contributed by atoms with van der Waals surface area (Å²) in [5, 5.41) is 11.7. The molecule has 1 aromatic carbocycles. The van der Waals surface area contributed by atoms with E-state index in [0.29, 0.717) is 17.4 Å². The van der Waals surface area contributed by atoms with Gasteiger partial charge in [0.25, 0.3) is 5.91 Å². The fraction of sp³-hybridized carbons (Fsp3) is 0.556. The van der Waals surface area contributed by atoms with E-state index in [1.54, 1.807) is 0 Å². The highest BCUT2D eigenvalue weighted by Gasteiger charge is 2.16. The van der Waals surface area contributed by atoms with Gasteiger partial charge in [-0.1, -0.05) is 32.4 Å². The maximum absolute atomic E-state index is 12.4. The van der Waals surface area contributed by atoms with Crippen molar-refractivity contribution >= 4 is 23.2 Å². The van der Waals surface area contributed by atoms with E-state index >= 15 is 0 Å². The Morgan fingerprint density at radius 1 is 1.12 bits per heavy atom. The average molecular weight is 490 g/mol. The van der Waals surface area contributed by atoms with Gasteiger partial charge < -0.3 is 19.9 Å². The van der Waals surface area contributed by atoms with Crippen LogP contribution in [0.1, 0.15) is 84.0 Å². The lowest BCUT2D eigenvalue weighted by Crippen LogP contribution is -2.25. The van der Waals surface area contributed by atoms with Crippen LogP contribution in [0.3, 0.4) is 0 Å². The van der Waals surface area contributed by atoms with Crippen molar-refractivity contribution < 1.29 is 24.2 Å². The lowest BCUT2D eigenvalue weighted by molar-refractivity contribution is -0.140. The molecule has 1 atom stereocenters. The normalized spacial score (nSPS) is 11.8. The number of carbonyl (C=O) groups excluding carboxylic acids is 2. The number of unbranched alkanes of at least 4 members (excludes halogenated alkanes) is 1. The summed E-state index contributed by atoms with van der Waals surface area (Å²) in [7, 11) is 1.34. The summed E-state index contributed by atoms with van der Waals surface area (Å²) in [4.78, 5) is 25.5. The number of esters is 1. The highest BCUT2D eigenvalue weighted by atomic mass is 32.1. The number of benzene rings is 1. The van der Waals surface area contributed by atoms with Crippen LogP contribution in [0, 0.1) is 0 Å². The number of aliphatic hydroxyl groups excluding tert-OH is 1. The molecule has 0 radical (unpaired) electrons. The molecule has 1 heterocycles. The molecule has 0 bridgehead atoms. The van der Waals surface area contributed by atoms with Crippen LogP contribution >= 0.6 is 11.3 Å². The molecule has 0 aliphatic carbocycles. The van der Waals surface area contributed by atoms with Crippen LogP contribution in [0.4, 0.5) is 0 Å². The summed E-state index contributed by atoms with van der Waals surface area (Å²) in [5.41, 5.74) is 2.56. The zero-order valence-corrected chi connectivity index (χ0v) is 21.5. The highest BCUT2D eigenvalue weighted by molar-refractivity contribution is 7.14. The first-order valence-electron chi connectivity index (χ1n) is 12.3. The summed E-state index contributed by atoms with van der Waals surface area (Å²) in [6, 6.07) is 10.4. The molecule has 34 heavy (non-hydrogen) atoms. The smallest absolute Gasteiger partial charge is 0.307 e. The van der Waals surface area contributed by atoms with Gasteiger partial charge in [-0.25, -0.2) is 0 Å². The van der Waals surface area contributed by atoms with Gasteiger partial charge in [0.2, 0.25) is 0 Å². The summed E-state index contributed by atoms with van der Waals surface area (Å²) < 4.78 is 10.6. The van der Waals surface area contributed by atoms with Crippen molar-refractivity contribution in [2.24, 2.45) is 0 Å². The first-order chi connectivity index (χ1) is 16.5. The SMILES string of the molecule is CCCc1cc(CCC(CC)c2ccc(C(=O)NCCC(=O)OC)s2)ccc1OCCCCO. The molecular formula is C27H39NO5S. The number of nitrogens with one attached hydrogen (secondary N) is 1. The van der Waals surface area contributed by atoms with Gasteiger partial charge in [-0.2, -0.15) is 0 Å². The summed E-state index contributed by atoms with van der Waals surface area (Å²) in [6.45, 7) is 5.47. The number of ether oxygens (including phenoxy) is 2. The van der Waals surface area contributed by atoms with E-state index in [0.717, 1.165) is 50.7 Å². The molecule has 6 nitrogen and oxygen atoms in total. The quantitative estimate of drug-likeness (QED) is 0.248. The van der Waals surface area contributed by atoms with Crippen molar-refractivity contribution in [3.8, 4) is 5.75 Å².